The summed E-state index contributed by atoms with van der Waals surface area (Å²) in [6.45, 7) is 0.956. The van der Waals surface area contributed by atoms with Crippen molar-refractivity contribution in [2.24, 2.45) is 0 Å². The lowest BCUT2D eigenvalue weighted by Crippen LogP contribution is -2.32. The maximum Gasteiger partial charge on any atom is 0.0927 e. The van der Waals surface area contributed by atoms with Crippen LogP contribution in [-0.4, -0.2) is 26.1 Å². The van der Waals surface area contributed by atoms with Gasteiger partial charge in [-0.1, -0.05) is 0 Å². The van der Waals surface area contributed by atoms with Gasteiger partial charge in [0.05, 0.1) is 29.9 Å². The quantitative estimate of drug-likeness (QED) is 0.743. The number of hydrogen-bond acceptors (Lipinski definition) is 3. The lowest BCUT2D eigenvalue weighted by Gasteiger charge is -2.24. The third-order valence-electron chi connectivity index (χ3n) is 3.75. The topological polar surface area (TPSA) is 58.5 Å². The van der Waals surface area contributed by atoms with E-state index in [2.05, 4.69) is 49.2 Å². The lowest BCUT2D eigenvalue weighted by molar-refractivity contribution is 0.537. The van der Waals surface area contributed by atoms with E-state index in [0.717, 1.165) is 24.3 Å². The highest BCUT2D eigenvalue weighted by molar-refractivity contribution is 5.37. The van der Waals surface area contributed by atoms with Crippen LogP contribution in [0.5, 0.6) is 0 Å². The fourth-order valence-electron chi connectivity index (χ4n) is 2.82. The number of hydrogen-bond donors (Lipinski definition) is 2. The first-order valence-electron chi connectivity index (χ1n) is 6.76. The molecule has 0 fully saturated rings. The molecule has 0 saturated heterocycles. The fourth-order valence-corrected chi connectivity index (χ4v) is 2.82. The van der Waals surface area contributed by atoms with E-state index in [1.807, 2.05) is 12.3 Å². The van der Waals surface area contributed by atoms with Gasteiger partial charge in [0.25, 0.3) is 0 Å². The summed E-state index contributed by atoms with van der Waals surface area (Å²) < 4.78 is 2.16. The summed E-state index contributed by atoms with van der Waals surface area (Å²) >= 11 is 0. The van der Waals surface area contributed by atoms with Crippen LogP contribution in [0.25, 0.3) is 5.69 Å². The zero-order valence-corrected chi connectivity index (χ0v) is 11.0. The van der Waals surface area contributed by atoms with E-state index in [1.54, 1.807) is 12.5 Å². The van der Waals surface area contributed by atoms with E-state index < -0.39 is 0 Å². The van der Waals surface area contributed by atoms with Gasteiger partial charge in [-0.15, -0.1) is 0 Å². The lowest BCUT2D eigenvalue weighted by atomic mass is 10.0. The van der Waals surface area contributed by atoms with Gasteiger partial charge in [0.1, 0.15) is 0 Å². The van der Waals surface area contributed by atoms with E-state index in [0.29, 0.717) is 0 Å². The van der Waals surface area contributed by atoms with Crippen LogP contribution in [-0.2, 0) is 6.42 Å². The molecule has 0 aromatic carbocycles. The molecule has 0 radical (unpaired) electrons. The molecule has 1 aliphatic rings. The summed E-state index contributed by atoms with van der Waals surface area (Å²) in [6.07, 6.45) is 8.51. The molecule has 2 N–H and O–H groups in total. The Morgan fingerprint density at radius 1 is 1.25 bits per heavy atom. The predicted octanol–water partition coefficient (Wildman–Crippen LogP) is 1.83. The highest BCUT2D eigenvalue weighted by Gasteiger charge is 2.26. The van der Waals surface area contributed by atoms with E-state index in [-0.39, 0.29) is 6.04 Å². The minimum Gasteiger partial charge on any atom is -0.348 e. The third kappa shape index (κ3) is 1.75. The normalized spacial score (nSPS) is 17.9. The van der Waals surface area contributed by atoms with Crippen LogP contribution in [0.4, 0.5) is 0 Å². The number of rotatable bonds is 2. The predicted molar refractivity (Wildman–Crippen MR) is 75.7 cm³/mol. The Bertz CT molecular complexity index is 713. The zero-order chi connectivity index (χ0) is 13.4. The summed E-state index contributed by atoms with van der Waals surface area (Å²) in [5, 5.41) is 3.55. The van der Waals surface area contributed by atoms with Gasteiger partial charge in [0.2, 0.25) is 0 Å². The molecule has 1 aliphatic heterocycles. The van der Waals surface area contributed by atoms with E-state index in [1.165, 1.54) is 11.4 Å². The van der Waals surface area contributed by atoms with Crippen LogP contribution in [0, 0.1) is 0 Å². The molecule has 4 heterocycles. The molecule has 3 aromatic rings. The second kappa shape index (κ2) is 4.61. The first kappa shape index (κ1) is 11.4. The smallest absolute Gasteiger partial charge is 0.0927 e. The Morgan fingerprint density at radius 2 is 2.25 bits per heavy atom. The monoisotopic (exact) mass is 265 g/mol. The maximum atomic E-state index is 4.48. The Hall–Kier alpha value is -2.40. The number of imidazole rings is 1. The molecule has 1 unspecified atom stereocenters. The van der Waals surface area contributed by atoms with Crippen LogP contribution in [0.3, 0.4) is 0 Å². The van der Waals surface area contributed by atoms with Crippen molar-refractivity contribution < 1.29 is 0 Å². The van der Waals surface area contributed by atoms with Crippen molar-refractivity contribution in [2.75, 3.05) is 6.54 Å². The Morgan fingerprint density at radius 3 is 3.15 bits per heavy atom. The summed E-state index contributed by atoms with van der Waals surface area (Å²) in [6, 6.07) is 8.33. The average molecular weight is 265 g/mol. The van der Waals surface area contributed by atoms with Gasteiger partial charge in [-0.3, -0.25) is 4.98 Å². The van der Waals surface area contributed by atoms with Gasteiger partial charge in [0, 0.05) is 36.7 Å². The number of aromatic amines is 1. The number of aromatic nitrogens is 4. The molecule has 1 atom stereocenters. The maximum absolute atomic E-state index is 4.48. The molecular formula is C15H15N5. The molecule has 5 nitrogen and oxygen atoms in total. The molecule has 0 aliphatic carbocycles. The molecule has 0 bridgehead atoms. The van der Waals surface area contributed by atoms with Crippen LogP contribution < -0.4 is 5.32 Å². The van der Waals surface area contributed by atoms with Crippen molar-refractivity contribution in [3.05, 3.63) is 66.3 Å². The second-order valence-electron chi connectivity index (χ2n) is 4.92. The van der Waals surface area contributed by atoms with Crippen LogP contribution >= 0.6 is 0 Å². The van der Waals surface area contributed by atoms with Crippen molar-refractivity contribution >= 4 is 0 Å². The van der Waals surface area contributed by atoms with Gasteiger partial charge in [-0.2, -0.15) is 0 Å². The molecule has 0 saturated carbocycles. The molecule has 100 valence electrons. The van der Waals surface area contributed by atoms with Crippen molar-refractivity contribution in [2.45, 2.75) is 12.5 Å². The number of nitrogens with one attached hydrogen (secondary N) is 2. The van der Waals surface area contributed by atoms with Gasteiger partial charge < -0.3 is 14.9 Å². The molecule has 0 spiro atoms. The minimum atomic E-state index is 0.125. The van der Waals surface area contributed by atoms with E-state index in [9.17, 15) is 0 Å². The van der Waals surface area contributed by atoms with Crippen molar-refractivity contribution in [3.63, 3.8) is 0 Å². The zero-order valence-electron chi connectivity index (χ0n) is 11.0. The Labute approximate surface area is 116 Å². The van der Waals surface area contributed by atoms with Gasteiger partial charge in [-0.05, 0) is 24.3 Å². The van der Waals surface area contributed by atoms with E-state index >= 15 is 0 Å². The number of nitrogens with zero attached hydrogens (tertiary/aromatic N) is 3. The molecule has 0 amide bonds. The molecule has 4 rings (SSSR count). The first-order chi connectivity index (χ1) is 9.93. The summed E-state index contributed by atoms with van der Waals surface area (Å²) in [5.41, 5.74) is 4.58. The van der Waals surface area contributed by atoms with Crippen LogP contribution in [0.1, 0.15) is 23.1 Å². The SMILES string of the molecule is c1cncc(-n2cccc2C2NCCc3[nH]cnc32)c1. The van der Waals surface area contributed by atoms with Crippen molar-refractivity contribution in [3.8, 4) is 5.69 Å². The Balaban J connectivity index is 1.81. The fraction of sp³-hybridized carbons (Fsp3) is 0.200. The standard InChI is InChI=1S/C15H15N5/c1-3-11(9-16-6-1)20-8-2-4-13(20)15-14-12(5-7-17-15)18-10-19-14/h1-4,6,8-10,15,17H,5,7H2,(H,18,19). The summed E-state index contributed by atoms with van der Waals surface area (Å²) in [5.74, 6) is 0. The highest BCUT2D eigenvalue weighted by Crippen LogP contribution is 2.28. The van der Waals surface area contributed by atoms with Gasteiger partial charge in [-0.25, -0.2) is 4.98 Å². The number of H-pyrrole nitrogens is 1. The highest BCUT2D eigenvalue weighted by atomic mass is 15.1. The molecule has 3 aromatic heterocycles. The van der Waals surface area contributed by atoms with Crippen molar-refractivity contribution in [1.82, 2.24) is 24.8 Å². The first-order valence-corrected chi connectivity index (χ1v) is 6.76. The average Bonchev–Trinajstić information content (AvgIpc) is 3.16. The van der Waals surface area contributed by atoms with Crippen LogP contribution in [0.2, 0.25) is 0 Å². The van der Waals surface area contributed by atoms with Crippen molar-refractivity contribution in [1.29, 1.82) is 0 Å². The number of pyridine rings is 1. The summed E-state index contributed by atoms with van der Waals surface area (Å²) in [4.78, 5) is 11.9. The number of fused-ring (bicyclic) bond motifs is 1. The van der Waals surface area contributed by atoms with Gasteiger partial charge in [0.15, 0.2) is 0 Å². The molecular weight excluding hydrogens is 250 g/mol. The van der Waals surface area contributed by atoms with Gasteiger partial charge >= 0.3 is 0 Å². The summed E-state index contributed by atoms with van der Waals surface area (Å²) in [7, 11) is 0. The molecule has 20 heavy (non-hydrogen) atoms. The largest absolute Gasteiger partial charge is 0.348 e. The Kier molecular flexibility index (Phi) is 2.63. The minimum absolute atomic E-state index is 0.125. The van der Waals surface area contributed by atoms with E-state index in [4.69, 9.17) is 0 Å². The van der Waals surface area contributed by atoms with Crippen LogP contribution in [0.15, 0.2) is 49.2 Å². The molecule has 5 heteroatoms. The third-order valence-corrected chi connectivity index (χ3v) is 3.75. The second-order valence-corrected chi connectivity index (χ2v) is 4.92.